The minimum absolute atomic E-state index is 0.251. The number of carbonyl (C=O) groups is 1. The number of nitrogens with zero attached hydrogens (tertiary/aromatic N) is 2. The van der Waals surface area contributed by atoms with E-state index in [0.29, 0.717) is 25.1 Å². The van der Waals surface area contributed by atoms with Gasteiger partial charge < -0.3 is 4.74 Å². The predicted octanol–water partition coefficient (Wildman–Crippen LogP) is 4.34. The summed E-state index contributed by atoms with van der Waals surface area (Å²) in [5.74, 6) is -0.251. The molecule has 0 aliphatic heterocycles. The lowest BCUT2D eigenvalue weighted by atomic mass is 10.0. The van der Waals surface area contributed by atoms with Gasteiger partial charge in [0.25, 0.3) is 0 Å². The van der Waals surface area contributed by atoms with Crippen LogP contribution in [-0.2, 0) is 29.0 Å². The average Bonchev–Trinajstić information content (AvgIpc) is 2.78. The number of benzene rings is 3. The SMILES string of the molecule is COC(=O)C(Cc1ccccc1)N(Cc1ccccc1)Cc1ccc(C#N)cc1. The van der Waals surface area contributed by atoms with Crippen LogP contribution in [0, 0.1) is 11.3 Å². The van der Waals surface area contributed by atoms with E-state index in [1.165, 1.54) is 7.11 Å². The first kappa shape index (κ1) is 20.3. The number of nitriles is 1. The molecule has 4 nitrogen and oxygen atoms in total. The first-order valence-corrected chi connectivity index (χ1v) is 9.58. The number of rotatable bonds is 8. The smallest absolute Gasteiger partial charge is 0.323 e. The van der Waals surface area contributed by atoms with Gasteiger partial charge in [-0.3, -0.25) is 9.69 Å². The molecule has 0 spiro atoms. The van der Waals surface area contributed by atoms with Crippen molar-refractivity contribution in [2.75, 3.05) is 7.11 Å². The fourth-order valence-corrected chi connectivity index (χ4v) is 3.35. The van der Waals surface area contributed by atoms with E-state index in [2.05, 4.69) is 23.1 Å². The zero-order valence-corrected chi connectivity index (χ0v) is 16.5. The van der Waals surface area contributed by atoms with Gasteiger partial charge in [0.2, 0.25) is 0 Å². The van der Waals surface area contributed by atoms with Gasteiger partial charge in [0.05, 0.1) is 18.7 Å². The van der Waals surface area contributed by atoms with Crippen LogP contribution in [0.5, 0.6) is 0 Å². The molecule has 0 fully saturated rings. The Balaban J connectivity index is 1.90. The molecule has 0 aliphatic rings. The van der Waals surface area contributed by atoms with Crippen LogP contribution in [0.3, 0.4) is 0 Å². The van der Waals surface area contributed by atoms with E-state index < -0.39 is 6.04 Å². The summed E-state index contributed by atoms with van der Waals surface area (Å²) in [5, 5.41) is 9.04. The maximum atomic E-state index is 12.7. The third-order valence-corrected chi connectivity index (χ3v) is 4.88. The monoisotopic (exact) mass is 384 g/mol. The maximum Gasteiger partial charge on any atom is 0.323 e. The number of esters is 1. The topological polar surface area (TPSA) is 53.3 Å². The Labute approximate surface area is 172 Å². The number of hydrogen-bond donors (Lipinski definition) is 0. The molecule has 0 N–H and O–H groups in total. The summed E-state index contributed by atoms with van der Waals surface area (Å²) in [6.07, 6.45) is 0.566. The summed E-state index contributed by atoms with van der Waals surface area (Å²) in [6.45, 7) is 1.20. The van der Waals surface area contributed by atoms with Crippen molar-refractivity contribution in [2.45, 2.75) is 25.6 Å². The maximum absolute atomic E-state index is 12.7. The van der Waals surface area contributed by atoms with Crippen LogP contribution in [-0.4, -0.2) is 24.0 Å². The highest BCUT2D eigenvalue weighted by Gasteiger charge is 2.27. The summed E-state index contributed by atoms with van der Waals surface area (Å²) in [4.78, 5) is 14.9. The van der Waals surface area contributed by atoms with Crippen molar-refractivity contribution in [3.05, 3.63) is 107 Å². The first-order chi connectivity index (χ1) is 14.2. The highest BCUT2D eigenvalue weighted by atomic mass is 16.5. The number of carbonyl (C=O) groups excluding carboxylic acids is 1. The molecule has 4 heteroatoms. The Morgan fingerprint density at radius 3 is 1.90 bits per heavy atom. The second kappa shape index (κ2) is 10.2. The minimum Gasteiger partial charge on any atom is -0.468 e. The average molecular weight is 384 g/mol. The summed E-state index contributed by atoms with van der Waals surface area (Å²) in [5.41, 5.74) is 3.88. The fraction of sp³-hybridized carbons (Fsp3) is 0.200. The van der Waals surface area contributed by atoms with Crippen LogP contribution in [0.1, 0.15) is 22.3 Å². The first-order valence-electron chi connectivity index (χ1n) is 9.58. The number of hydrogen-bond acceptors (Lipinski definition) is 4. The van der Waals surface area contributed by atoms with Crippen molar-refractivity contribution >= 4 is 5.97 Å². The Kier molecular flexibility index (Phi) is 7.16. The Morgan fingerprint density at radius 2 is 1.38 bits per heavy atom. The van der Waals surface area contributed by atoms with Crippen LogP contribution in [0.4, 0.5) is 0 Å². The Morgan fingerprint density at radius 1 is 0.862 bits per heavy atom. The quantitative estimate of drug-likeness (QED) is 0.542. The number of methoxy groups -OCH3 is 1. The zero-order chi connectivity index (χ0) is 20.5. The van der Waals surface area contributed by atoms with Crippen molar-refractivity contribution in [1.82, 2.24) is 4.90 Å². The summed E-state index contributed by atoms with van der Waals surface area (Å²) < 4.78 is 5.15. The van der Waals surface area contributed by atoms with Gasteiger partial charge in [-0.05, 0) is 35.2 Å². The van der Waals surface area contributed by atoms with Gasteiger partial charge >= 0.3 is 5.97 Å². The van der Waals surface area contributed by atoms with E-state index in [-0.39, 0.29) is 5.97 Å². The molecule has 146 valence electrons. The molecule has 0 heterocycles. The van der Waals surface area contributed by atoms with Crippen LogP contribution >= 0.6 is 0 Å². The van der Waals surface area contributed by atoms with Crippen molar-refractivity contribution in [3.63, 3.8) is 0 Å². The molecule has 29 heavy (non-hydrogen) atoms. The normalized spacial score (nSPS) is 11.6. The lowest BCUT2D eigenvalue weighted by Crippen LogP contribution is -2.42. The molecule has 0 saturated carbocycles. The fourth-order valence-electron chi connectivity index (χ4n) is 3.35. The highest BCUT2D eigenvalue weighted by Crippen LogP contribution is 2.18. The second-order valence-electron chi connectivity index (χ2n) is 6.93. The molecular formula is C25H24N2O2. The van der Waals surface area contributed by atoms with Gasteiger partial charge in [-0.15, -0.1) is 0 Å². The second-order valence-corrected chi connectivity index (χ2v) is 6.93. The molecule has 3 aromatic rings. The predicted molar refractivity (Wildman–Crippen MR) is 113 cm³/mol. The minimum atomic E-state index is -0.418. The van der Waals surface area contributed by atoms with Crippen LogP contribution in [0.15, 0.2) is 84.9 Å². The highest BCUT2D eigenvalue weighted by molar-refractivity contribution is 5.76. The number of ether oxygens (including phenoxy) is 1. The molecule has 1 atom stereocenters. The third kappa shape index (κ3) is 5.78. The van der Waals surface area contributed by atoms with E-state index in [4.69, 9.17) is 10.00 Å². The molecule has 0 bridgehead atoms. The summed E-state index contributed by atoms with van der Waals surface area (Å²) >= 11 is 0. The zero-order valence-electron chi connectivity index (χ0n) is 16.5. The summed E-state index contributed by atoms with van der Waals surface area (Å²) in [7, 11) is 1.43. The molecule has 0 saturated heterocycles. The van der Waals surface area contributed by atoms with E-state index in [1.54, 1.807) is 12.1 Å². The van der Waals surface area contributed by atoms with Crippen LogP contribution < -0.4 is 0 Å². The van der Waals surface area contributed by atoms with E-state index in [1.807, 2.05) is 60.7 Å². The van der Waals surface area contributed by atoms with Gasteiger partial charge in [0.15, 0.2) is 0 Å². The van der Waals surface area contributed by atoms with Crippen molar-refractivity contribution in [1.29, 1.82) is 5.26 Å². The van der Waals surface area contributed by atoms with Gasteiger partial charge in [-0.2, -0.15) is 5.26 Å². The molecule has 0 amide bonds. The van der Waals surface area contributed by atoms with Gasteiger partial charge in [0, 0.05) is 13.1 Å². The largest absolute Gasteiger partial charge is 0.468 e. The van der Waals surface area contributed by atoms with E-state index in [9.17, 15) is 4.79 Å². The lowest BCUT2D eigenvalue weighted by molar-refractivity contribution is -0.147. The van der Waals surface area contributed by atoms with Crippen LogP contribution in [0.2, 0.25) is 0 Å². The molecule has 0 radical (unpaired) electrons. The van der Waals surface area contributed by atoms with Crippen LogP contribution in [0.25, 0.3) is 0 Å². The molecule has 0 aliphatic carbocycles. The van der Waals surface area contributed by atoms with E-state index >= 15 is 0 Å². The standard InChI is InChI=1S/C25H24N2O2/c1-29-25(28)24(16-20-8-4-2-5-9-20)27(18-22-10-6-3-7-11-22)19-23-14-12-21(17-26)13-15-23/h2-15,24H,16,18-19H2,1H3. The molecule has 3 rings (SSSR count). The van der Waals surface area contributed by atoms with E-state index in [0.717, 1.165) is 16.7 Å². The van der Waals surface area contributed by atoms with Gasteiger partial charge in [-0.1, -0.05) is 72.8 Å². The molecule has 1 unspecified atom stereocenters. The van der Waals surface area contributed by atoms with Crippen molar-refractivity contribution in [3.8, 4) is 6.07 Å². The van der Waals surface area contributed by atoms with Gasteiger partial charge in [-0.25, -0.2) is 0 Å². The lowest BCUT2D eigenvalue weighted by Gasteiger charge is -2.30. The molecular weight excluding hydrogens is 360 g/mol. The van der Waals surface area contributed by atoms with Crippen molar-refractivity contribution in [2.24, 2.45) is 0 Å². The Bertz CT molecular complexity index is 948. The van der Waals surface area contributed by atoms with Crippen molar-refractivity contribution < 1.29 is 9.53 Å². The summed E-state index contributed by atoms with van der Waals surface area (Å²) in [6, 6.07) is 29.3. The van der Waals surface area contributed by atoms with Gasteiger partial charge in [0.1, 0.15) is 6.04 Å². The molecule has 0 aromatic heterocycles. The molecule has 3 aromatic carbocycles. The Hall–Kier alpha value is -3.42. The third-order valence-electron chi connectivity index (χ3n) is 4.88.